The van der Waals surface area contributed by atoms with Crippen molar-refractivity contribution < 1.29 is 23.2 Å². The molecule has 0 rings (SSSR count). The number of Topliss-reactive ketones (excluding diaryl/α,β-unsaturated/α-hetero) is 1. The van der Waals surface area contributed by atoms with Crippen LogP contribution in [0.15, 0.2) is 24.3 Å². The summed E-state index contributed by atoms with van der Waals surface area (Å²) < 4.78 is 23.0. The molecular weight excluding hydrogens is 661 g/mol. The van der Waals surface area contributed by atoms with Crippen LogP contribution in [-0.4, -0.2) is 77.7 Å². The lowest BCUT2D eigenvalue weighted by Crippen LogP contribution is -2.33. The van der Waals surface area contributed by atoms with Crippen LogP contribution >= 0.6 is 24.8 Å². The monoisotopic (exact) mass is 732 g/mol. The highest BCUT2D eigenvalue weighted by atomic mass is 32.1. The van der Waals surface area contributed by atoms with Gasteiger partial charge in [-0.05, 0) is 121 Å². The van der Waals surface area contributed by atoms with Crippen LogP contribution in [0.5, 0.6) is 0 Å². The largest absolute Gasteiger partial charge is 0.352 e. The molecule has 0 aliphatic heterocycles. The van der Waals surface area contributed by atoms with Crippen molar-refractivity contribution in [3.63, 3.8) is 0 Å². The van der Waals surface area contributed by atoms with Gasteiger partial charge >= 0.3 is 0 Å². The summed E-state index contributed by atoms with van der Waals surface area (Å²) >= 11 is 0. The van der Waals surface area contributed by atoms with Crippen molar-refractivity contribution in [2.24, 2.45) is 0 Å². The normalized spacial score (nSPS) is 13.0. The van der Waals surface area contributed by atoms with Crippen molar-refractivity contribution in [2.45, 2.75) is 158 Å². The molecule has 3 atom stereocenters. The van der Waals surface area contributed by atoms with Gasteiger partial charge in [0, 0.05) is 49.1 Å². The van der Waals surface area contributed by atoms with Gasteiger partial charge in [0.1, 0.15) is 7.99 Å². The second kappa shape index (κ2) is 31.0. The first-order valence-corrected chi connectivity index (χ1v) is 22.3. The number of nitriles is 1. The van der Waals surface area contributed by atoms with E-state index in [2.05, 4.69) is 96.2 Å². The summed E-state index contributed by atoms with van der Waals surface area (Å²) in [5.41, 5.74) is 1.20. The third kappa shape index (κ3) is 25.2. The number of carbonyl (C=O) groups is 2. The number of allylic oxidation sites excluding steroid dienone is 1. The van der Waals surface area contributed by atoms with E-state index in [1.807, 2.05) is 0 Å². The summed E-state index contributed by atoms with van der Waals surface area (Å²) in [6.07, 6.45) is 9.01. The van der Waals surface area contributed by atoms with Gasteiger partial charge in [-0.15, -0.1) is 0 Å². The molecule has 1 N–H and O–H groups in total. The number of hydrogen-bond acceptors (Lipinski definition) is 8. The fourth-order valence-electron chi connectivity index (χ4n) is 4.56. The van der Waals surface area contributed by atoms with Crippen molar-refractivity contribution in [3.05, 3.63) is 24.3 Å². The first-order valence-electron chi connectivity index (χ1n) is 17.9. The highest BCUT2D eigenvalue weighted by Gasteiger charge is 2.27. The van der Waals surface area contributed by atoms with Gasteiger partial charge in [0.15, 0.2) is 5.78 Å². The number of rotatable bonds is 28. The molecule has 0 aliphatic carbocycles. The Morgan fingerprint density at radius 1 is 0.771 bits per heavy atom. The standard InChI is InChI=1S/C19H39N2O3P.C17H32N2O2P2/c1-8-14-23-25(21(17(4)5)18(6)7)24-15-12-10-9-11-13-20-19(22)16(2)3;1-14(2)17(20)10-7-8-12-21-23(22-13-9-11-18)19(15(3)4)16(5)6/h17-18H,2,8-15H2,1,3-7H3,(H,20,22);15-16,22H,1,7-10,12-13H2,2-6H3. The lowest BCUT2D eigenvalue weighted by atomic mass is 10.1. The third-order valence-electron chi connectivity index (χ3n) is 6.84. The molecule has 0 heterocycles. The minimum Gasteiger partial charge on any atom is -0.352 e. The summed E-state index contributed by atoms with van der Waals surface area (Å²) in [7, 11) is -0.973. The molecule has 0 aromatic heterocycles. The number of ketones is 1. The molecule has 0 aromatic rings. The summed E-state index contributed by atoms with van der Waals surface area (Å²) in [6, 6.07) is 3.89. The number of nitrogens with zero attached hydrogens (tertiary/aromatic N) is 3. The summed E-state index contributed by atoms with van der Waals surface area (Å²) in [4.78, 5) is 22.9. The maximum atomic E-state index is 11.5. The SMILES string of the molecule is C=C(C)C(=O)CCCCOP(PCCC#N)N(C(C)C)C(C)C.C=C(C)C(=O)NCCCCCCOP(OCCC)N(C(C)C)C(C)C. The van der Waals surface area contributed by atoms with Crippen LogP contribution in [0.25, 0.3) is 0 Å². The Morgan fingerprint density at radius 3 is 1.79 bits per heavy atom. The Hall–Kier alpha value is -0.800. The summed E-state index contributed by atoms with van der Waals surface area (Å²) in [6.45, 7) is 33.3. The number of nitrogens with one attached hydrogen (secondary N) is 1. The first kappa shape index (κ1) is 49.3. The molecule has 280 valence electrons. The average Bonchev–Trinajstić information content (AvgIpc) is 2.99. The molecule has 3 unspecified atom stereocenters. The van der Waals surface area contributed by atoms with E-state index < -0.39 is 16.5 Å². The number of carbonyl (C=O) groups excluding carboxylic acids is 2. The van der Waals surface area contributed by atoms with Gasteiger partial charge in [0.05, 0.1) is 25.9 Å². The van der Waals surface area contributed by atoms with Crippen molar-refractivity contribution in [2.75, 3.05) is 32.5 Å². The van der Waals surface area contributed by atoms with Crippen molar-refractivity contribution in [1.29, 1.82) is 5.26 Å². The molecule has 12 heteroatoms. The van der Waals surface area contributed by atoms with E-state index in [0.29, 0.717) is 69.6 Å². The van der Waals surface area contributed by atoms with Gasteiger partial charge in [-0.25, -0.2) is 4.67 Å². The van der Waals surface area contributed by atoms with E-state index in [-0.39, 0.29) is 11.7 Å². The highest BCUT2D eigenvalue weighted by Crippen LogP contribution is 2.61. The maximum Gasteiger partial charge on any atom is 0.259 e. The zero-order valence-corrected chi connectivity index (χ0v) is 35.2. The quantitative estimate of drug-likeness (QED) is 0.0482. The molecule has 0 fully saturated rings. The average molecular weight is 733 g/mol. The van der Waals surface area contributed by atoms with Gasteiger partial charge in [-0.1, -0.05) is 32.9 Å². The summed E-state index contributed by atoms with van der Waals surface area (Å²) in [5, 5.41) is 11.6. The van der Waals surface area contributed by atoms with E-state index in [0.717, 1.165) is 64.3 Å². The smallest absolute Gasteiger partial charge is 0.259 e. The fraction of sp³-hybridized carbons (Fsp3) is 0.806. The van der Waals surface area contributed by atoms with Crippen LogP contribution in [-0.2, 0) is 23.2 Å². The zero-order valence-electron chi connectivity index (χ0n) is 32.4. The molecule has 9 nitrogen and oxygen atoms in total. The third-order valence-corrected chi connectivity index (χ3v) is 14.0. The van der Waals surface area contributed by atoms with Crippen LogP contribution in [0.3, 0.4) is 0 Å². The van der Waals surface area contributed by atoms with Gasteiger partial charge in [0.25, 0.3) is 8.53 Å². The van der Waals surface area contributed by atoms with Gasteiger partial charge < -0.3 is 18.9 Å². The Morgan fingerprint density at radius 2 is 1.29 bits per heavy atom. The minimum absolute atomic E-state index is 0.0514. The zero-order chi connectivity index (χ0) is 37.1. The minimum atomic E-state index is -0.986. The molecule has 48 heavy (non-hydrogen) atoms. The van der Waals surface area contributed by atoms with Crippen LogP contribution in [0.1, 0.15) is 134 Å². The van der Waals surface area contributed by atoms with Gasteiger partial charge in [-0.2, -0.15) is 5.26 Å². The lowest BCUT2D eigenvalue weighted by Gasteiger charge is -2.37. The molecule has 0 saturated heterocycles. The predicted octanol–water partition coefficient (Wildman–Crippen LogP) is 10.3. The fourth-order valence-corrected chi connectivity index (χ4v) is 11.6. The molecule has 0 aromatic carbocycles. The summed E-state index contributed by atoms with van der Waals surface area (Å²) in [5.74, 6) is 0.0960. The van der Waals surface area contributed by atoms with E-state index in [1.54, 1.807) is 13.8 Å². The molecule has 0 bridgehead atoms. The van der Waals surface area contributed by atoms with Crippen LogP contribution in [0.2, 0.25) is 0 Å². The second-order valence-corrected chi connectivity index (χ2v) is 18.7. The Bertz CT molecular complexity index is 912. The molecule has 0 saturated carbocycles. The van der Waals surface area contributed by atoms with Crippen molar-refractivity contribution >= 4 is 36.5 Å². The second-order valence-electron chi connectivity index (χ2n) is 13.1. The molecule has 0 aliphatic rings. The molecular formula is C36H71N4O5P3. The molecule has 0 radical (unpaired) electrons. The van der Waals surface area contributed by atoms with Crippen molar-refractivity contribution in [1.82, 2.24) is 14.7 Å². The topological polar surface area (TPSA) is 104 Å². The van der Waals surface area contributed by atoms with Gasteiger partial charge in [-0.3, -0.25) is 14.3 Å². The first-order chi connectivity index (χ1) is 22.6. The van der Waals surface area contributed by atoms with Crippen LogP contribution < -0.4 is 5.32 Å². The predicted molar refractivity (Wildman–Crippen MR) is 210 cm³/mol. The highest BCUT2D eigenvalue weighted by molar-refractivity contribution is 8.17. The van der Waals surface area contributed by atoms with Crippen LogP contribution in [0.4, 0.5) is 0 Å². The molecule has 0 spiro atoms. The van der Waals surface area contributed by atoms with E-state index in [4.69, 9.17) is 18.8 Å². The number of unbranched alkanes of at least 4 members (excludes halogenated alkanes) is 4. The van der Waals surface area contributed by atoms with E-state index >= 15 is 0 Å². The van der Waals surface area contributed by atoms with Gasteiger partial charge in [0.2, 0.25) is 5.91 Å². The number of amides is 1. The Kier molecular flexibility index (Phi) is 31.8. The Labute approximate surface area is 299 Å². The number of hydrogen-bond donors (Lipinski definition) is 1. The molecule has 1 amide bonds. The Balaban J connectivity index is 0. The lowest BCUT2D eigenvalue weighted by molar-refractivity contribution is -0.117. The maximum absolute atomic E-state index is 11.5. The van der Waals surface area contributed by atoms with E-state index in [1.165, 1.54) is 0 Å². The van der Waals surface area contributed by atoms with Crippen LogP contribution in [0, 0.1) is 11.3 Å². The van der Waals surface area contributed by atoms with E-state index in [9.17, 15) is 9.59 Å². The van der Waals surface area contributed by atoms with Crippen molar-refractivity contribution in [3.8, 4) is 6.07 Å².